The van der Waals surface area contributed by atoms with Crippen molar-refractivity contribution in [3.05, 3.63) is 47.2 Å². The number of carbonyl (C=O) groups excluding carboxylic acids is 1. The first kappa shape index (κ1) is 16.0. The Morgan fingerprint density at radius 1 is 1.48 bits per heavy atom. The van der Waals surface area contributed by atoms with E-state index in [9.17, 15) is 9.90 Å². The zero-order valence-electron chi connectivity index (χ0n) is 12.7. The second-order valence-corrected chi connectivity index (χ2v) is 5.98. The van der Waals surface area contributed by atoms with Crippen LogP contribution >= 0.6 is 11.6 Å². The number of aromatic nitrogens is 2. The summed E-state index contributed by atoms with van der Waals surface area (Å²) in [7, 11) is 0. The topological polar surface area (TPSA) is 67.6 Å². The van der Waals surface area contributed by atoms with Gasteiger partial charge < -0.3 is 14.7 Å². The van der Waals surface area contributed by atoms with Crippen molar-refractivity contribution in [2.75, 3.05) is 19.8 Å². The monoisotopic (exact) mass is 335 g/mol. The number of aliphatic hydroxyl groups excluding tert-OH is 1. The molecule has 0 aliphatic carbocycles. The second kappa shape index (κ2) is 6.70. The summed E-state index contributed by atoms with van der Waals surface area (Å²) >= 11 is 6.16. The lowest BCUT2D eigenvalue weighted by molar-refractivity contribution is -0.0667. The molecule has 0 radical (unpaired) electrons. The summed E-state index contributed by atoms with van der Waals surface area (Å²) in [5.74, 6) is -0.127. The molecular weight excluding hydrogens is 318 g/mol. The third-order valence-electron chi connectivity index (χ3n) is 3.90. The normalized spacial score (nSPS) is 21.4. The van der Waals surface area contributed by atoms with Crippen LogP contribution in [0.2, 0.25) is 5.02 Å². The minimum Gasteiger partial charge on any atom is -0.394 e. The average molecular weight is 336 g/mol. The number of nitrogens with zero attached hydrogens (tertiary/aromatic N) is 3. The molecule has 1 amide bonds. The Kier molecular flexibility index (Phi) is 4.66. The van der Waals surface area contributed by atoms with Gasteiger partial charge in [-0.05, 0) is 19.1 Å². The van der Waals surface area contributed by atoms with Gasteiger partial charge in [0.1, 0.15) is 0 Å². The number of amides is 1. The number of aliphatic hydroxyl groups is 1. The summed E-state index contributed by atoms with van der Waals surface area (Å²) in [6, 6.07) is 7.26. The lowest BCUT2D eigenvalue weighted by atomic mass is 10.1. The molecule has 3 rings (SSSR count). The van der Waals surface area contributed by atoms with E-state index in [1.807, 2.05) is 25.1 Å². The second-order valence-electron chi connectivity index (χ2n) is 5.57. The highest BCUT2D eigenvalue weighted by Gasteiger charge is 2.30. The van der Waals surface area contributed by atoms with E-state index in [2.05, 4.69) is 5.10 Å². The van der Waals surface area contributed by atoms with E-state index in [4.69, 9.17) is 16.3 Å². The van der Waals surface area contributed by atoms with Gasteiger partial charge in [-0.25, -0.2) is 4.68 Å². The fourth-order valence-electron chi connectivity index (χ4n) is 2.58. The molecule has 7 heteroatoms. The smallest absolute Gasteiger partial charge is 0.257 e. The average Bonchev–Trinajstić information content (AvgIpc) is 3.05. The van der Waals surface area contributed by atoms with E-state index in [0.29, 0.717) is 23.7 Å². The van der Waals surface area contributed by atoms with Gasteiger partial charge in [0.25, 0.3) is 5.91 Å². The molecular formula is C16H18ClN3O3. The van der Waals surface area contributed by atoms with Crippen LogP contribution in [0.4, 0.5) is 0 Å². The highest BCUT2D eigenvalue weighted by atomic mass is 35.5. The third kappa shape index (κ3) is 3.24. The van der Waals surface area contributed by atoms with Gasteiger partial charge in [0, 0.05) is 12.7 Å². The van der Waals surface area contributed by atoms with Crippen molar-refractivity contribution in [2.24, 2.45) is 0 Å². The molecule has 1 fully saturated rings. The zero-order chi connectivity index (χ0) is 16.4. The van der Waals surface area contributed by atoms with Crippen LogP contribution in [-0.4, -0.2) is 57.6 Å². The number of ether oxygens (including phenoxy) is 1. The molecule has 122 valence electrons. The van der Waals surface area contributed by atoms with Gasteiger partial charge in [-0.3, -0.25) is 4.79 Å². The molecule has 2 unspecified atom stereocenters. The van der Waals surface area contributed by atoms with Crippen LogP contribution < -0.4 is 0 Å². The number of hydrogen-bond acceptors (Lipinski definition) is 4. The van der Waals surface area contributed by atoms with E-state index >= 15 is 0 Å². The summed E-state index contributed by atoms with van der Waals surface area (Å²) < 4.78 is 7.05. The Morgan fingerprint density at radius 3 is 3.00 bits per heavy atom. The molecule has 1 aliphatic rings. The Morgan fingerprint density at radius 2 is 2.26 bits per heavy atom. The first-order chi connectivity index (χ1) is 11.1. The zero-order valence-corrected chi connectivity index (χ0v) is 13.5. The quantitative estimate of drug-likeness (QED) is 0.928. The predicted octanol–water partition coefficient (Wildman–Crippen LogP) is 1.75. The number of carbonyl (C=O) groups is 1. The number of para-hydroxylation sites is 1. The first-order valence-corrected chi connectivity index (χ1v) is 7.81. The molecule has 2 aromatic rings. The molecule has 2 atom stereocenters. The molecule has 23 heavy (non-hydrogen) atoms. The van der Waals surface area contributed by atoms with Crippen LogP contribution in [0.15, 0.2) is 36.7 Å². The molecule has 1 aromatic carbocycles. The number of hydrogen-bond donors (Lipinski definition) is 1. The van der Waals surface area contributed by atoms with Crippen molar-refractivity contribution in [3.63, 3.8) is 0 Å². The van der Waals surface area contributed by atoms with Gasteiger partial charge in [0.2, 0.25) is 0 Å². The van der Waals surface area contributed by atoms with Crippen LogP contribution in [0.1, 0.15) is 17.3 Å². The number of halogens is 1. The lowest BCUT2D eigenvalue weighted by Gasteiger charge is -2.37. The molecule has 2 heterocycles. The fraction of sp³-hybridized carbons (Fsp3) is 0.375. The molecule has 1 saturated heterocycles. The maximum absolute atomic E-state index is 12.7. The van der Waals surface area contributed by atoms with Crippen LogP contribution in [0.5, 0.6) is 0 Å². The highest BCUT2D eigenvalue weighted by molar-refractivity contribution is 6.32. The van der Waals surface area contributed by atoms with Crippen molar-refractivity contribution in [2.45, 2.75) is 19.1 Å². The molecule has 1 aromatic heterocycles. The van der Waals surface area contributed by atoms with E-state index in [0.717, 1.165) is 5.69 Å². The molecule has 1 aliphatic heterocycles. The molecule has 6 nitrogen and oxygen atoms in total. The maximum atomic E-state index is 12.7. The van der Waals surface area contributed by atoms with Crippen LogP contribution in [0.3, 0.4) is 0 Å². The molecule has 0 saturated carbocycles. The predicted molar refractivity (Wildman–Crippen MR) is 85.9 cm³/mol. The molecule has 0 spiro atoms. The van der Waals surface area contributed by atoms with E-state index in [1.54, 1.807) is 21.8 Å². The summed E-state index contributed by atoms with van der Waals surface area (Å²) in [4.78, 5) is 14.4. The van der Waals surface area contributed by atoms with E-state index in [-0.39, 0.29) is 24.7 Å². The highest BCUT2D eigenvalue weighted by Crippen LogP contribution is 2.21. The summed E-state index contributed by atoms with van der Waals surface area (Å²) in [6.07, 6.45) is 2.86. The van der Waals surface area contributed by atoms with Gasteiger partial charge in [0.15, 0.2) is 0 Å². The third-order valence-corrected chi connectivity index (χ3v) is 4.22. The lowest BCUT2D eigenvalue weighted by Crippen LogP contribution is -2.51. The number of morpholine rings is 1. The maximum Gasteiger partial charge on any atom is 0.257 e. The van der Waals surface area contributed by atoms with E-state index < -0.39 is 0 Å². The summed E-state index contributed by atoms with van der Waals surface area (Å²) in [5.41, 5.74) is 1.20. The minimum atomic E-state index is -0.339. The number of benzene rings is 1. The minimum absolute atomic E-state index is 0.0473. The first-order valence-electron chi connectivity index (χ1n) is 7.43. The van der Waals surface area contributed by atoms with Gasteiger partial charge in [-0.2, -0.15) is 5.10 Å². The Hall–Kier alpha value is -1.89. The summed E-state index contributed by atoms with van der Waals surface area (Å²) in [5, 5.41) is 14.0. The van der Waals surface area contributed by atoms with E-state index in [1.165, 1.54) is 6.20 Å². The Labute approximate surface area is 139 Å². The Bertz CT molecular complexity index is 703. The molecule has 0 bridgehead atoms. The Balaban J connectivity index is 1.82. The number of rotatable bonds is 3. The van der Waals surface area contributed by atoms with Gasteiger partial charge in [0.05, 0.1) is 47.8 Å². The van der Waals surface area contributed by atoms with Crippen molar-refractivity contribution in [3.8, 4) is 5.69 Å². The SMILES string of the molecule is CC1COC(CO)CN1C(=O)c1cnn(-c2ccccc2Cl)c1. The summed E-state index contributed by atoms with van der Waals surface area (Å²) in [6.45, 7) is 2.60. The van der Waals surface area contributed by atoms with Gasteiger partial charge in [-0.1, -0.05) is 23.7 Å². The van der Waals surface area contributed by atoms with Crippen molar-refractivity contribution in [1.82, 2.24) is 14.7 Å². The standard InChI is InChI=1S/C16H18ClN3O3/c1-11-10-23-13(9-21)8-19(11)16(22)12-6-18-20(7-12)15-5-3-2-4-14(15)17/h2-7,11,13,21H,8-10H2,1H3. The van der Waals surface area contributed by atoms with Crippen molar-refractivity contribution < 1.29 is 14.6 Å². The van der Waals surface area contributed by atoms with Crippen LogP contribution in [-0.2, 0) is 4.74 Å². The largest absolute Gasteiger partial charge is 0.394 e. The van der Waals surface area contributed by atoms with Crippen molar-refractivity contribution in [1.29, 1.82) is 0 Å². The fourth-order valence-corrected chi connectivity index (χ4v) is 2.80. The van der Waals surface area contributed by atoms with Crippen LogP contribution in [0.25, 0.3) is 5.69 Å². The van der Waals surface area contributed by atoms with Crippen molar-refractivity contribution >= 4 is 17.5 Å². The molecule has 1 N–H and O–H groups in total. The van der Waals surface area contributed by atoms with Gasteiger partial charge >= 0.3 is 0 Å². The van der Waals surface area contributed by atoms with Gasteiger partial charge in [-0.15, -0.1) is 0 Å². The van der Waals surface area contributed by atoms with Crippen LogP contribution in [0, 0.1) is 0 Å².